The highest BCUT2D eigenvalue weighted by Crippen LogP contribution is 2.23. The molecule has 1 unspecified atom stereocenters. The predicted molar refractivity (Wildman–Crippen MR) is 115 cm³/mol. The number of benzene rings is 1. The molecule has 1 aromatic carbocycles. The standard InChI is InChI=1S/C23H32N4O2/c1-4-5-6-13-26(2)17-21-8-7-14-27(21)22(28)19-11-9-18(10-12-19)20-15-24-23(29-3)25-16-20/h9-12,15-16,21H,4-8,13-14,17H2,1-3H3. The minimum atomic E-state index is 0.131. The molecule has 0 aliphatic carbocycles. The van der Waals surface area contributed by atoms with Gasteiger partial charge in [0.2, 0.25) is 0 Å². The van der Waals surface area contributed by atoms with Gasteiger partial charge in [-0.25, -0.2) is 9.97 Å². The summed E-state index contributed by atoms with van der Waals surface area (Å²) in [5.74, 6) is 0.131. The van der Waals surface area contributed by atoms with Crippen molar-refractivity contribution in [2.45, 2.75) is 45.1 Å². The van der Waals surface area contributed by atoms with Crippen LogP contribution in [0.25, 0.3) is 11.1 Å². The highest BCUT2D eigenvalue weighted by atomic mass is 16.5. The maximum atomic E-state index is 13.1. The zero-order chi connectivity index (χ0) is 20.6. The normalized spacial score (nSPS) is 16.4. The van der Waals surface area contributed by atoms with Gasteiger partial charge in [-0.05, 0) is 50.6 Å². The minimum absolute atomic E-state index is 0.131. The summed E-state index contributed by atoms with van der Waals surface area (Å²) in [6.45, 7) is 5.13. The Bertz CT molecular complexity index is 776. The fourth-order valence-electron chi connectivity index (χ4n) is 3.92. The Morgan fingerprint density at radius 1 is 1.17 bits per heavy atom. The summed E-state index contributed by atoms with van der Waals surface area (Å²) >= 11 is 0. The Morgan fingerprint density at radius 3 is 2.55 bits per heavy atom. The third kappa shape index (κ3) is 5.54. The first-order valence-electron chi connectivity index (χ1n) is 10.6. The number of carbonyl (C=O) groups excluding carboxylic acids is 1. The first-order valence-corrected chi connectivity index (χ1v) is 10.6. The summed E-state index contributed by atoms with van der Waals surface area (Å²) in [5, 5.41) is 0. The Morgan fingerprint density at radius 2 is 1.90 bits per heavy atom. The largest absolute Gasteiger partial charge is 0.467 e. The second kappa shape index (κ2) is 10.3. The van der Waals surface area contributed by atoms with Gasteiger partial charge in [0.15, 0.2) is 0 Å². The van der Waals surface area contributed by atoms with Crippen molar-refractivity contribution < 1.29 is 9.53 Å². The molecule has 0 radical (unpaired) electrons. The zero-order valence-corrected chi connectivity index (χ0v) is 17.8. The van der Waals surface area contributed by atoms with E-state index in [1.807, 2.05) is 24.3 Å². The summed E-state index contributed by atoms with van der Waals surface area (Å²) in [5.41, 5.74) is 2.62. The Labute approximate surface area is 173 Å². The molecular weight excluding hydrogens is 364 g/mol. The molecule has 6 heteroatoms. The average molecular weight is 397 g/mol. The highest BCUT2D eigenvalue weighted by Gasteiger charge is 2.30. The lowest BCUT2D eigenvalue weighted by molar-refractivity contribution is 0.0709. The fraction of sp³-hybridized carbons (Fsp3) is 0.522. The van der Waals surface area contributed by atoms with E-state index in [2.05, 4.69) is 33.7 Å². The Hall–Kier alpha value is -2.47. The molecule has 1 aliphatic rings. The van der Waals surface area contributed by atoms with Crippen molar-refractivity contribution in [3.05, 3.63) is 42.2 Å². The van der Waals surface area contributed by atoms with Gasteiger partial charge in [-0.3, -0.25) is 4.79 Å². The number of nitrogens with zero attached hydrogens (tertiary/aromatic N) is 4. The molecule has 6 nitrogen and oxygen atoms in total. The molecule has 1 atom stereocenters. The van der Waals surface area contributed by atoms with E-state index in [9.17, 15) is 4.79 Å². The molecular formula is C23H32N4O2. The average Bonchev–Trinajstić information content (AvgIpc) is 3.21. The fourth-order valence-corrected chi connectivity index (χ4v) is 3.92. The maximum absolute atomic E-state index is 13.1. The summed E-state index contributed by atoms with van der Waals surface area (Å²) in [6.07, 6.45) is 9.36. The van der Waals surface area contributed by atoms with Crippen LogP contribution in [0.3, 0.4) is 0 Å². The summed E-state index contributed by atoms with van der Waals surface area (Å²) in [6, 6.07) is 8.38. The van der Waals surface area contributed by atoms with Gasteiger partial charge < -0.3 is 14.5 Å². The molecule has 1 fully saturated rings. The van der Waals surface area contributed by atoms with Gasteiger partial charge in [-0.2, -0.15) is 0 Å². The van der Waals surface area contributed by atoms with Crippen LogP contribution < -0.4 is 4.74 Å². The molecule has 1 aliphatic heterocycles. The van der Waals surface area contributed by atoms with Crippen LogP contribution in [0.5, 0.6) is 6.01 Å². The van der Waals surface area contributed by atoms with Crippen molar-refractivity contribution in [3.63, 3.8) is 0 Å². The molecule has 1 amide bonds. The van der Waals surface area contributed by atoms with E-state index in [-0.39, 0.29) is 5.91 Å². The van der Waals surface area contributed by atoms with Crippen LogP contribution in [0, 0.1) is 0 Å². The molecule has 0 bridgehead atoms. The molecule has 156 valence electrons. The Balaban J connectivity index is 1.62. The minimum Gasteiger partial charge on any atom is -0.467 e. The van der Waals surface area contributed by atoms with Gasteiger partial charge in [0.1, 0.15) is 0 Å². The van der Waals surface area contributed by atoms with Gasteiger partial charge in [0.25, 0.3) is 5.91 Å². The number of hydrogen-bond donors (Lipinski definition) is 0. The molecule has 1 aromatic heterocycles. The number of unbranched alkanes of at least 4 members (excludes halogenated alkanes) is 2. The van der Waals surface area contributed by atoms with Crippen LogP contribution in [-0.2, 0) is 0 Å². The van der Waals surface area contributed by atoms with Crippen molar-refractivity contribution in [1.82, 2.24) is 19.8 Å². The number of aromatic nitrogens is 2. The van der Waals surface area contributed by atoms with Crippen LogP contribution >= 0.6 is 0 Å². The van der Waals surface area contributed by atoms with Crippen molar-refractivity contribution in [1.29, 1.82) is 0 Å². The van der Waals surface area contributed by atoms with Crippen LogP contribution in [-0.4, -0.2) is 65.5 Å². The lowest BCUT2D eigenvalue weighted by atomic mass is 10.1. The van der Waals surface area contributed by atoms with Crippen molar-refractivity contribution in [3.8, 4) is 17.1 Å². The van der Waals surface area contributed by atoms with E-state index in [0.717, 1.165) is 49.2 Å². The number of amides is 1. The first kappa shape index (κ1) is 21.2. The van der Waals surface area contributed by atoms with E-state index in [4.69, 9.17) is 4.74 Å². The number of hydrogen-bond acceptors (Lipinski definition) is 5. The lowest BCUT2D eigenvalue weighted by Gasteiger charge is -2.29. The third-order valence-corrected chi connectivity index (χ3v) is 5.58. The number of carbonyl (C=O) groups is 1. The number of methoxy groups -OCH3 is 1. The third-order valence-electron chi connectivity index (χ3n) is 5.58. The zero-order valence-electron chi connectivity index (χ0n) is 17.8. The predicted octanol–water partition coefficient (Wildman–Crippen LogP) is 3.88. The summed E-state index contributed by atoms with van der Waals surface area (Å²) < 4.78 is 5.00. The topological polar surface area (TPSA) is 58.6 Å². The highest BCUT2D eigenvalue weighted by molar-refractivity contribution is 5.95. The van der Waals surface area contributed by atoms with E-state index in [1.165, 1.54) is 19.3 Å². The maximum Gasteiger partial charge on any atom is 0.316 e. The van der Waals surface area contributed by atoms with Gasteiger partial charge in [0.05, 0.1) is 7.11 Å². The van der Waals surface area contributed by atoms with Crippen molar-refractivity contribution >= 4 is 5.91 Å². The molecule has 1 saturated heterocycles. The lowest BCUT2D eigenvalue weighted by Crippen LogP contribution is -2.42. The SMILES string of the molecule is CCCCCN(C)CC1CCCN1C(=O)c1ccc(-c2cnc(OC)nc2)cc1. The number of rotatable bonds is 9. The van der Waals surface area contributed by atoms with Crippen molar-refractivity contribution in [2.24, 2.45) is 0 Å². The van der Waals surface area contributed by atoms with Crippen LogP contribution in [0.4, 0.5) is 0 Å². The monoisotopic (exact) mass is 396 g/mol. The smallest absolute Gasteiger partial charge is 0.316 e. The van der Waals surface area contributed by atoms with E-state index in [1.54, 1.807) is 19.5 Å². The second-order valence-electron chi connectivity index (χ2n) is 7.80. The van der Waals surface area contributed by atoms with E-state index in [0.29, 0.717) is 12.1 Å². The number of likely N-dealkylation sites (tertiary alicyclic amines) is 1. The molecule has 0 spiro atoms. The molecule has 0 N–H and O–H groups in total. The van der Waals surface area contributed by atoms with E-state index >= 15 is 0 Å². The van der Waals surface area contributed by atoms with E-state index < -0.39 is 0 Å². The van der Waals surface area contributed by atoms with Crippen molar-refractivity contribution in [2.75, 3.05) is 33.8 Å². The van der Waals surface area contributed by atoms with Crippen LogP contribution in [0.1, 0.15) is 49.4 Å². The quantitative estimate of drug-likeness (QED) is 0.602. The molecule has 0 saturated carbocycles. The van der Waals surface area contributed by atoms with Gasteiger partial charge in [-0.1, -0.05) is 31.9 Å². The molecule has 3 rings (SSSR count). The molecule has 29 heavy (non-hydrogen) atoms. The molecule has 2 aromatic rings. The van der Waals surface area contributed by atoms with Gasteiger partial charge in [-0.15, -0.1) is 0 Å². The first-order chi connectivity index (χ1) is 14.1. The van der Waals surface area contributed by atoms with Gasteiger partial charge in [0, 0.05) is 42.7 Å². The second-order valence-corrected chi connectivity index (χ2v) is 7.80. The number of likely N-dealkylation sites (N-methyl/N-ethyl adjacent to an activating group) is 1. The number of ether oxygens (including phenoxy) is 1. The summed E-state index contributed by atoms with van der Waals surface area (Å²) in [7, 11) is 3.71. The molecule has 2 heterocycles. The van der Waals surface area contributed by atoms with Crippen LogP contribution in [0.2, 0.25) is 0 Å². The van der Waals surface area contributed by atoms with Crippen LogP contribution in [0.15, 0.2) is 36.7 Å². The van der Waals surface area contributed by atoms with Gasteiger partial charge >= 0.3 is 6.01 Å². The summed E-state index contributed by atoms with van der Waals surface area (Å²) in [4.78, 5) is 25.8. The Kier molecular flexibility index (Phi) is 7.58.